The van der Waals surface area contributed by atoms with Crippen LogP contribution in [-0.4, -0.2) is 30.0 Å². The second-order valence-electron chi connectivity index (χ2n) is 5.77. The number of carbonyl (C=O) groups excluding carboxylic acids is 4. The third kappa shape index (κ3) is 6.47. The second-order valence-corrected chi connectivity index (χ2v) is 5.77. The Hall–Kier alpha value is -3.35. The van der Waals surface area contributed by atoms with Gasteiger partial charge in [0.25, 0.3) is 0 Å². The van der Waals surface area contributed by atoms with Crippen LogP contribution >= 0.6 is 0 Å². The van der Waals surface area contributed by atoms with Gasteiger partial charge in [-0.3, -0.25) is 19.2 Å². The molecule has 2 rings (SSSR count). The number of halogens is 1. The summed E-state index contributed by atoms with van der Waals surface area (Å²) in [5.41, 5.74) is 1.27. The minimum Gasteiger partial charge on any atom is -0.457 e. The summed E-state index contributed by atoms with van der Waals surface area (Å²) in [6.07, 6.45) is -0.300. The van der Waals surface area contributed by atoms with E-state index in [4.69, 9.17) is 4.74 Å². The first-order valence-electron chi connectivity index (χ1n) is 8.20. The summed E-state index contributed by atoms with van der Waals surface area (Å²) >= 11 is 0. The van der Waals surface area contributed by atoms with Crippen molar-refractivity contribution in [2.45, 2.75) is 19.8 Å². The summed E-state index contributed by atoms with van der Waals surface area (Å²) in [5, 5.41) is 2.60. The standard InChI is InChI=1S/C20H18FNO5/c1-13(23)14-4-8-17(9-5-14)22-19(25)10-11-20(26)27-12-18(24)15-2-6-16(21)7-3-15/h2-9H,10-12H2,1H3,(H,22,25). The van der Waals surface area contributed by atoms with E-state index < -0.39 is 30.1 Å². The fourth-order valence-electron chi connectivity index (χ4n) is 2.16. The van der Waals surface area contributed by atoms with E-state index in [1.54, 1.807) is 24.3 Å². The predicted octanol–water partition coefficient (Wildman–Crippen LogP) is 3.17. The Morgan fingerprint density at radius 2 is 1.48 bits per heavy atom. The Kier molecular flexibility index (Phi) is 6.93. The van der Waals surface area contributed by atoms with Crippen molar-refractivity contribution in [2.75, 3.05) is 11.9 Å². The highest BCUT2D eigenvalue weighted by Gasteiger charge is 2.12. The highest BCUT2D eigenvalue weighted by Crippen LogP contribution is 2.11. The number of ether oxygens (including phenoxy) is 1. The Bertz CT molecular complexity index is 844. The van der Waals surface area contributed by atoms with E-state index in [2.05, 4.69) is 5.32 Å². The molecule has 2 aromatic carbocycles. The van der Waals surface area contributed by atoms with Crippen LogP contribution in [0.2, 0.25) is 0 Å². The molecule has 6 nitrogen and oxygen atoms in total. The van der Waals surface area contributed by atoms with Gasteiger partial charge >= 0.3 is 5.97 Å². The van der Waals surface area contributed by atoms with Gasteiger partial charge in [-0.25, -0.2) is 4.39 Å². The molecule has 0 saturated heterocycles. The normalized spacial score (nSPS) is 10.1. The molecule has 0 radical (unpaired) electrons. The molecule has 27 heavy (non-hydrogen) atoms. The highest BCUT2D eigenvalue weighted by molar-refractivity contribution is 5.98. The average Bonchev–Trinajstić information content (AvgIpc) is 2.65. The number of carbonyl (C=O) groups is 4. The molecule has 0 fully saturated rings. The van der Waals surface area contributed by atoms with Gasteiger partial charge in [0.05, 0.1) is 6.42 Å². The number of nitrogens with one attached hydrogen (secondary N) is 1. The zero-order valence-corrected chi connectivity index (χ0v) is 14.7. The molecule has 0 aliphatic carbocycles. The number of esters is 1. The van der Waals surface area contributed by atoms with Gasteiger partial charge in [-0.2, -0.15) is 0 Å². The fraction of sp³-hybridized carbons (Fsp3) is 0.200. The summed E-state index contributed by atoms with van der Waals surface area (Å²) < 4.78 is 17.6. The maximum absolute atomic E-state index is 12.8. The molecule has 1 N–H and O–H groups in total. The van der Waals surface area contributed by atoms with Crippen LogP contribution in [0.1, 0.15) is 40.5 Å². The van der Waals surface area contributed by atoms with Gasteiger partial charge in [-0.05, 0) is 55.5 Å². The molecule has 0 atom stereocenters. The van der Waals surface area contributed by atoms with Crippen molar-refractivity contribution in [1.29, 1.82) is 0 Å². The summed E-state index contributed by atoms with van der Waals surface area (Å²) in [5.74, 6) is -2.09. The lowest BCUT2D eigenvalue weighted by Gasteiger charge is -2.06. The van der Waals surface area contributed by atoms with E-state index in [1.807, 2.05) is 0 Å². The number of rotatable bonds is 8. The van der Waals surface area contributed by atoms with Crippen LogP contribution in [0.15, 0.2) is 48.5 Å². The summed E-state index contributed by atoms with van der Waals surface area (Å²) in [7, 11) is 0. The lowest BCUT2D eigenvalue weighted by Crippen LogP contribution is -2.17. The Labute approximate surface area is 155 Å². The molecule has 140 valence electrons. The summed E-state index contributed by atoms with van der Waals surface area (Å²) in [4.78, 5) is 46.5. The van der Waals surface area contributed by atoms with E-state index in [-0.39, 0.29) is 24.2 Å². The van der Waals surface area contributed by atoms with Gasteiger partial charge in [-0.1, -0.05) is 0 Å². The van der Waals surface area contributed by atoms with E-state index in [0.717, 1.165) is 12.1 Å². The van der Waals surface area contributed by atoms with Crippen molar-refractivity contribution in [1.82, 2.24) is 0 Å². The zero-order valence-electron chi connectivity index (χ0n) is 14.7. The number of anilines is 1. The van der Waals surface area contributed by atoms with Gasteiger partial charge in [0.1, 0.15) is 5.82 Å². The largest absolute Gasteiger partial charge is 0.457 e. The van der Waals surface area contributed by atoms with Crippen LogP contribution < -0.4 is 5.32 Å². The molecule has 1 amide bonds. The lowest BCUT2D eigenvalue weighted by molar-refractivity contribution is -0.143. The van der Waals surface area contributed by atoms with E-state index in [9.17, 15) is 23.6 Å². The third-order valence-electron chi connectivity index (χ3n) is 3.66. The number of amides is 1. The zero-order chi connectivity index (χ0) is 19.8. The van der Waals surface area contributed by atoms with Crippen molar-refractivity contribution in [3.63, 3.8) is 0 Å². The monoisotopic (exact) mass is 371 g/mol. The quantitative estimate of drug-likeness (QED) is 0.569. The first-order valence-corrected chi connectivity index (χ1v) is 8.20. The minimum absolute atomic E-state index is 0.0780. The summed E-state index contributed by atoms with van der Waals surface area (Å²) in [6, 6.07) is 11.3. The van der Waals surface area contributed by atoms with Crippen LogP contribution in [0.4, 0.5) is 10.1 Å². The van der Waals surface area contributed by atoms with Crippen molar-refractivity contribution >= 4 is 29.1 Å². The average molecular weight is 371 g/mol. The second kappa shape index (κ2) is 9.38. The van der Waals surface area contributed by atoms with Crippen LogP contribution in [0.25, 0.3) is 0 Å². The van der Waals surface area contributed by atoms with E-state index in [0.29, 0.717) is 11.3 Å². The van der Waals surface area contributed by atoms with Crippen LogP contribution in [-0.2, 0) is 14.3 Å². The van der Waals surface area contributed by atoms with Crippen molar-refractivity contribution in [3.8, 4) is 0 Å². The predicted molar refractivity (Wildman–Crippen MR) is 96.0 cm³/mol. The van der Waals surface area contributed by atoms with Gasteiger partial charge in [0.2, 0.25) is 5.91 Å². The highest BCUT2D eigenvalue weighted by atomic mass is 19.1. The Morgan fingerprint density at radius 1 is 0.889 bits per heavy atom. The van der Waals surface area contributed by atoms with E-state index in [1.165, 1.54) is 19.1 Å². The van der Waals surface area contributed by atoms with E-state index >= 15 is 0 Å². The molecule has 0 bridgehead atoms. The van der Waals surface area contributed by atoms with Gasteiger partial charge in [0.15, 0.2) is 18.2 Å². The first kappa shape index (κ1) is 20.0. The van der Waals surface area contributed by atoms with Crippen molar-refractivity contribution < 1.29 is 28.3 Å². The van der Waals surface area contributed by atoms with Crippen LogP contribution in [0, 0.1) is 5.82 Å². The van der Waals surface area contributed by atoms with Crippen molar-refractivity contribution in [2.24, 2.45) is 0 Å². The molecule has 0 saturated carbocycles. The number of Topliss-reactive ketones (excluding diaryl/α,β-unsaturated/α-hetero) is 2. The maximum Gasteiger partial charge on any atom is 0.306 e. The van der Waals surface area contributed by atoms with Crippen molar-refractivity contribution in [3.05, 3.63) is 65.5 Å². The smallest absolute Gasteiger partial charge is 0.306 e. The summed E-state index contributed by atoms with van der Waals surface area (Å²) in [6.45, 7) is 0.971. The molecule has 0 unspecified atom stereocenters. The molecule has 2 aromatic rings. The molecule has 0 aromatic heterocycles. The first-order chi connectivity index (χ1) is 12.8. The SMILES string of the molecule is CC(=O)c1ccc(NC(=O)CCC(=O)OCC(=O)c2ccc(F)cc2)cc1. The number of benzene rings is 2. The maximum atomic E-state index is 12.8. The van der Waals surface area contributed by atoms with Gasteiger partial charge < -0.3 is 10.1 Å². The van der Waals surface area contributed by atoms with Crippen LogP contribution in [0.5, 0.6) is 0 Å². The molecule has 0 aliphatic heterocycles. The number of hydrogen-bond donors (Lipinski definition) is 1. The molecule has 7 heteroatoms. The molecule has 0 heterocycles. The Balaban J connectivity index is 1.72. The van der Waals surface area contributed by atoms with Crippen LogP contribution in [0.3, 0.4) is 0 Å². The number of hydrogen-bond acceptors (Lipinski definition) is 5. The lowest BCUT2D eigenvalue weighted by atomic mass is 10.1. The fourth-order valence-corrected chi connectivity index (χ4v) is 2.16. The molecule has 0 spiro atoms. The van der Waals surface area contributed by atoms with Gasteiger partial charge in [0, 0.05) is 23.2 Å². The third-order valence-corrected chi connectivity index (χ3v) is 3.66. The van der Waals surface area contributed by atoms with Gasteiger partial charge in [-0.15, -0.1) is 0 Å². The number of ketones is 2. The minimum atomic E-state index is -0.687. The molecule has 0 aliphatic rings. The Morgan fingerprint density at radius 3 is 2.07 bits per heavy atom. The topological polar surface area (TPSA) is 89.5 Å². The molecular formula is C20H18FNO5. The molecular weight excluding hydrogens is 353 g/mol.